The van der Waals surface area contributed by atoms with Crippen LogP contribution in [0.1, 0.15) is 91.4 Å². The van der Waals surface area contributed by atoms with E-state index < -0.39 is 18.2 Å². The Morgan fingerprint density at radius 1 is 1.00 bits per heavy atom. The zero-order valence-electron chi connectivity index (χ0n) is 23.8. The van der Waals surface area contributed by atoms with E-state index in [1.807, 2.05) is 35.2 Å². The summed E-state index contributed by atoms with van der Waals surface area (Å²) in [5.41, 5.74) is -0.416. The van der Waals surface area contributed by atoms with Gasteiger partial charge < -0.3 is 25.0 Å². The predicted octanol–water partition coefficient (Wildman–Crippen LogP) is 5.03. The molecule has 3 aliphatic carbocycles. The van der Waals surface area contributed by atoms with Crippen LogP contribution in [-0.4, -0.2) is 62.5 Å². The second kappa shape index (κ2) is 10.7. The number of piperidine rings is 1. The van der Waals surface area contributed by atoms with Crippen molar-refractivity contribution in [3.63, 3.8) is 0 Å². The number of carbonyl (C=O) groups is 2. The van der Waals surface area contributed by atoms with Gasteiger partial charge in [-0.25, -0.2) is 0 Å². The third-order valence-corrected chi connectivity index (χ3v) is 11.8. The molecule has 1 amide bonds. The summed E-state index contributed by atoms with van der Waals surface area (Å²) in [5.74, 6) is 1.06. The third-order valence-electron chi connectivity index (χ3n) is 11.8. The molecule has 39 heavy (non-hydrogen) atoms. The number of amides is 1. The highest BCUT2D eigenvalue weighted by Crippen LogP contribution is 2.68. The maximum Gasteiger partial charge on any atom is 0.303 e. The highest BCUT2D eigenvalue weighted by atomic mass is 16.5. The van der Waals surface area contributed by atoms with Gasteiger partial charge in [0.15, 0.2) is 0 Å². The summed E-state index contributed by atoms with van der Waals surface area (Å²) < 4.78 is 6.57. The van der Waals surface area contributed by atoms with Gasteiger partial charge in [-0.1, -0.05) is 32.0 Å². The number of rotatable bonds is 7. The maximum absolute atomic E-state index is 13.5. The Bertz CT molecular complexity index is 1050. The van der Waals surface area contributed by atoms with Crippen molar-refractivity contribution in [2.75, 3.05) is 6.54 Å². The highest BCUT2D eigenvalue weighted by Gasteiger charge is 2.66. The average Bonchev–Trinajstić information content (AvgIpc) is 2.91. The van der Waals surface area contributed by atoms with Crippen molar-refractivity contribution in [2.45, 2.75) is 115 Å². The molecule has 1 aliphatic heterocycles. The van der Waals surface area contributed by atoms with Crippen molar-refractivity contribution >= 4 is 11.9 Å². The van der Waals surface area contributed by atoms with Gasteiger partial charge in [-0.3, -0.25) is 9.59 Å². The van der Waals surface area contributed by atoms with Crippen molar-refractivity contribution in [3.8, 4) is 5.75 Å². The Hall–Kier alpha value is -2.12. The van der Waals surface area contributed by atoms with Gasteiger partial charge in [-0.15, -0.1) is 0 Å². The van der Waals surface area contributed by atoms with Crippen molar-refractivity contribution in [1.29, 1.82) is 0 Å². The first-order valence-corrected chi connectivity index (χ1v) is 15.1. The first-order valence-electron chi connectivity index (χ1n) is 15.1. The largest absolute Gasteiger partial charge is 0.487 e. The molecule has 7 nitrogen and oxygen atoms in total. The number of likely N-dealkylation sites (tertiary alicyclic amines) is 1. The molecular weight excluding hydrogens is 494 g/mol. The minimum atomic E-state index is -1.14. The molecule has 3 N–H and O–H groups in total. The van der Waals surface area contributed by atoms with Crippen LogP contribution in [0.3, 0.4) is 0 Å². The van der Waals surface area contributed by atoms with Crippen molar-refractivity contribution in [3.05, 3.63) is 30.3 Å². The summed E-state index contributed by atoms with van der Waals surface area (Å²) in [5, 5.41) is 30.8. The van der Waals surface area contributed by atoms with Gasteiger partial charge in [0, 0.05) is 23.9 Å². The molecule has 216 valence electrons. The van der Waals surface area contributed by atoms with Crippen molar-refractivity contribution < 1.29 is 29.6 Å². The number of benzene rings is 1. The highest BCUT2D eigenvalue weighted by molar-refractivity contribution is 5.81. The first-order chi connectivity index (χ1) is 18.5. The van der Waals surface area contributed by atoms with E-state index in [-0.39, 0.29) is 41.2 Å². The summed E-state index contributed by atoms with van der Waals surface area (Å²) in [6.45, 7) is 7.68. The van der Waals surface area contributed by atoms with Crippen LogP contribution in [0, 0.1) is 28.6 Å². The lowest BCUT2D eigenvalue weighted by atomic mass is 9.40. The van der Waals surface area contributed by atoms with Gasteiger partial charge >= 0.3 is 5.97 Å². The average molecular weight is 542 g/mol. The second-order valence-electron chi connectivity index (χ2n) is 13.5. The smallest absolute Gasteiger partial charge is 0.303 e. The van der Waals surface area contributed by atoms with Crippen LogP contribution in [0.25, 0.3) is 0 Å². The van der Waals surface area contributed by atoms with Gasteiger partial charge in [-0.05, 0) is 106 Å². The molecule has 0 spiro atoms. The van der Waals surface area contributed by atoms with E-state index in [0.717, 1.165) is 57.1 Å². The van der Waals surface area contributed by atoms with E-state index in [9.17, 15) is 19.8 Å². The van der Waals surface area contributed by atoms with Crippen LogP contribution in [-0.2, 0) is 9.59 Å². The quantitative estimate of drug-likeness (QED) is 0.447. The Labute approximate surface area is 232 Å². The maximum atomic E-state index is 13.5. The lowest BCUT2D eigenvalue weighted by Gasteiger charge is -2.68. The number of fused-ring (bicyclic) bond motifs is 5. The molecule has 0 aromatic heterocycles. The number of hydrogen-bond donors (Lipinski definition) is 3. The van der Waals surface area contributed by atoms with Gasteiger partial charge in [0.2, 0.25) is 0 Å². The van der Waals surface area contributed by atoms with Crippen molar-refractivity contribution in [1.82, 2.24) is 4.90 Å². The van der Waals surface area contributed by atoms with Crippen LogP contribution in [0.5, 0.6) is 5.75 Å². The summed E-state index contributed by atoms with van der Waals surface area (Å²) in [6.07, 6.45) is 6.30. The lowest BCUT2D eigenvalue weighted by molar-refractivity contribution is -0.222. The van der Waals surface area contributed by atoms with Crippen LogP contribution in [0.2, 0.25) is 0 Å². The molecule has 1 saturated heterocycles. The monoisotopic (exact) mass is 541 g/mol. The molecular formula is C32H47NO6. The molecule has 0 bridgehead atoms. The van der Waals surface area contributed by atoms with Gasteiger partial charge in [-0.2, -0.15) is 0 Å². The number of hydrogen-bond acceptors (Lipinski definition) is 5. The number of carboxylic acids is 1. The van der Waals surface area contributed by atoms with E-state index in [0.29, 0.717) is 30.7 Å². The Morgan fingerprint density at radius 3 is 2.44 bits per heavy atom. The molecule has 4 fully saturated rings. The molecule has 0 unspecified atom stereocenters. The fraction of sp³-hybridized carbons (Fsp3) is 0.750. The molecule has 1 aromatic carbocycles. The summed E-state index contributed by atoms with van der Waals surface area (Å²) in [6, 6.07) is 9.88. The molecule has 7 heteroatoms. The zero-order valence-corrected chi connectivity index (χ0v) is 23.8. The van der Waals surface area contributed by atoms with E-state index in [2.05, 4.69) is 20.8 Å². The fourth-order valence-electron chi connectivity index (χ4n) is 9.47. The molecule has 5 rings (SSSR count). The van der Waals surface area contributed by atoms with Gasteiger partial charge in [0.25, 0.3) is 5.91 Å². The SMILES string of the molecule is C[C@]12CC[C@H]3[C@@H](CC[C@@]4(C)[C@@H](Oc5ccccc5)[C@@H](O)CC[C@]34C)[C@@H]1CCCN2C(=O)[C@H](O)CCCC(=O)O. The van der Waals surface area contributed by atoms with Crippen LogP contribution >= 0.6 is 0 Å². The number of ether oxygens (including phenoxy) is 1. The van der Waals surface area contributed by atoms with Crippen molar-refractivity contribution in [2.24, 2.45) is 28.6 Å². The topological polar surface area (TPSA) is 107 Å². The number of nitrogens with zero attached hydrogens (tertiary/aromatic N) is 1. The van der Waals surface area contributed by atoms with Crippen LogP contribution in [0.4, 0.5) is 0 Å². The van der Waals surface area contributed by atoms with E-state index in [1.165, 1.54) is 0 Å². The molecule has 1 heterocycles. The zero-order chi connectivity index (χ0) is 28.0. The summed E-state index contributed by atoms with van der Waals surface area (Å²) >= 11 is 0. The van der Waals surface area contributed by atoms with Gasteiger partial charge in [0.05, 0.1) is 6.10 Å². The fourth-order valence-corrected chi connectivity index (χ4v) is 9.47. The molecule has 0 radical (unpaired) electrons. The third kappa shape index (κ3) is 4.77. The number of carboxylic acid groups (broad SMARTS) is 1. The predicted molar refractivity (Wildman–Crippen MR) is 148 cm³/mol. The second-order valence-corrected chi connectivity index (χ2v) is 13.5. The number of aliphatic hydroxyl groups excluding tert-OH is 2. The number of aliphatic hydroxyl groups is 2. The van der Waals surface area contributed by atoms with Gasteiger partial charge in [0.1, 0.15) is 18.0 Å². The minimum absolute atomic E-state index is 0.0263. The van der Waals surface area contributed by atoms with E-state index >= 15 is 0 Å². The number of aliphatic carboxylic acids is 1. The molecule has 3 saturated carbocycles. The Morgan fingerprint density at radius 2 is 1.72 bits per heavy atom. The number of para-hydroxylation sites is 1. The van der Waals surface area contributed by atoms with Crippen LogP contribution < -0.4 is 4.74 Å². The Kier molecular flexibility index (Phi) is 7.79. The van der Waals surface area contributed by atoms with Crippen LogP contribution in [0.15, 0.2) is 30.3 Å². The summed E-state index contributed by atoms with van der Waals surface area (Å²) in [4.78, 5) is 26.3. The number of carbonyl (C=O) groups excluding carboxylic acids is 1. The molecule has 1 aromatic rings. The molecule has 4 aliphatic rings. The first kappa shape index (κ1) is 28.4. The Balaban J connectivity index is 1.36. The molecule has 9 atom stereocenters. The normalized spacial score (nSPS) is 40.5. The summed E-state index contributed by atoms with van der Waals surface area (Å²) in [7, 11) is 0. The lowest BCUT2D eigenvalue weighted by Crippen LogP contribution is -2.69. The van der Waals surface area contributed by atoms with E-state index in [1.54, 1.807) is 0 Å². The minimum Gasteiger partial charge on any atom is -0.487 e. The van der Waals surface area contributed by atoms with E-state index in [4.69, 9.17) is 9.84 Å². The standard InChI is InChI=1S/C32H47NO6/c1-30-18-16-25(34)28(39-21-9-5-4-6-10-21)31(30,2)17-14-22-23(30)15-19-32(3)24(22)11-8-20-33(32)29(38)26(35)12-7-13-27(36)37/h4-6,9-10,22-26,28,34-35H,7-8,11-20H2,1-3H3,(H,36,37)/t22-,23+,24+,25+,26-,28+,30-,31+,32+/m1/s1.